The number of primary amides is 1. The number of esters is 1. The molecule has 4 fully saturated rings. The molecule has 3 aliphatic heterocycles. The molecule has 0 unspecified atom stereocenters. The highest BCUT2D eigenvalue weighted by Gasteiger charge is 2.58. The van der Waals surface area contributed by atoms with Gasteiger partial charge in [0.25, 0.3) is 0 Å². The molecule has 0 aromatic heterocycles. The topological polar surface area (TPSA) is 398 Å². The molecule has 29 nitrogen and oxygen atoms in total. The first-order valence-corrected chi connectivity index (χ1v) is 34.1. The lowest BCUT2D eigenvalue weighted by atomic mass is 9.87. The number of carbonyl (C=O) groups is 8. The highest BCUT2D eigenvalue weighted by Crippen LogP contribution is 2.43. The van der Waals surface area contributed by atoms with Crippen molar-refractivity contribution in [2.75, 3.05) is 104 Å². The summed E-state index contributed by atoms with van der Waals surface area (Å²) in [7, 11) is 0. The van der Waals surface area contributed by atoms with Crippen LogP contribution in [-0.2, 0) is 87.5 Å². The maximum Gasteiger partial charge on any atom is 0.407 e. The van der Waals surface area contributed by atoms with Gasteiger partial charge in [-0.2, -0.15) is 0 Å². The zero-order chi connectivity index (χ0) is 70.5. The van der Waals surface area contributed by atoms with Crippen LogP contribution in [0.4, 0.5) is 15.3 Å². The van der Waals surface area contributed by atoms with E-state index in [1.165, 1.54) is 19.1 Å². The molecule has 3 saturated heterocycles. The number of benzene rings is 1. The molecule has 29 heteroatoms. The van der Waals surface area contributed by atoms with Gasteiger partial charge in [-0.05, 0) is 108 Å². The summed E-state index contributed by atoms with van der Waals surface area (Å²) < 4.78 is 61.7. The monoisotopic (exact) mass is 1370 g/mol. The van der Waals surface area contributed by atoms with Gasteiger partial charge in [0.2, 0.25) is 29.5 Å². The molecule has 1 aromatic rings. The highest BCUT2D eigenvalue weighted by molar-refractivity contribution is 5.98. The molecular weight excluding hydrogens is 1260 g/mol. The second-order valence-corrected chi connectivity index (χ2v) is 25.4. The smallest absolute Gasteiger partial charge is 0.407 e. The number of hydrogen-bond acceptors (Lipinski definition) is 21. The molecule has 3 heterocycles. The van der Waals surface area contributed by atoms with Gasteiger partial charge in [0, 0.05) is 56.7 Å². The van der Waals surface area contributed by atoms with Crippen LogP contribution in [0.1, 0.15) is 125 Å². The Morgan fingerprint density at radius 3 is 1.92 bits per heavy atom. The molecule has 1 saturated carbocycles. The summed E-state index contributed by atoms with van der Waals surface area (Å²) in [6.45, 7) is 18.1. The molecule has 0 radical (unpaired) electrons. The number of aliphatic hydroxyl groups excluding tert-OH is 1. The SMILES string of the molecule is CC(=O)O[C@@H](C)/C=C\C(=O)N[C@@H]1C[C@H](C)[C@H](C/C=C(C)/C=C/[C@H]2O[C@H](CC(=O)NC3CCC(NC(=O)OCc4ccc(NC(=O)[C@H](CCCNC(N)=O)NC(=O)[C@@H](NC(=O)CCOCCOCCOCCOCCOCCOCCN)C(C)C)cc4)CC3)C[C@@]3(CO3)[C@@H]2O)O[C@@H]1C. The average molecular weight is 1370 g/mol. The Bertz CT molecular complexity index is 2670. The zero-order valence-electron chi connectivity index (χ0n) is 57.7. The van der Waals surface area contributed by atoms with Crippen molar-refractivity contribution in [3.05, 3.63) is 65.8 Å². The molecule has 97 heavy (non-hydrogen) atoms. The summed E-state index contributed by atoms with van der Waals surface area (Å²) in [6.07, 6.45) is 9.95. The fraction of sp³-hybridized carbons (Fsp3) is 0.706. The van der Waals surface area contributed by atoms with E-state index in [1.54, 1.807) is 45.0 Å². The first-order valence-electron chi connectivity index (χ1n) is 34.1. The van der Waals surface area contributed by atoms with Crippen LogP contribution in [0.3, 0.4) is 0 Å². The van der Waals surface area contributed by atoms with Crippen molar-refractivity contribution in [2.45, 2.75) is 198 Å². The number of urea groups is 1. The van der Waals surface area contributed by atoms with E-state index >= 15 is 0 Å². The van der Waals surface area contributed by atoms with Gasteiger partial charge in [0.1, 0.15) is 42.6 Å². The third-order valence-corrected chi connectivity index (χ3v) is 16.8. The maximum absolute atomic E-state index is 13.7. The summed E-state index contributed by atoms with van der Waals surface area (Å²) >= 11 is 0. The minimum absolute atomic E-state index is 0.0199. The van der Waals surface area contributed by atoms with Gasteiger partial charge in [-0.3, -0.25) is 28.8 Å². The summed E-state index contributed by atoms with van der Waals surface area (Å²) in [4.78, 5) is 102. The Hall–Kier alpha value is -6.64. The minimum Gasteiger partial charge on any atom is -0.459 e. The van der Waals surface area contributed by atoms with Gasteiger partial charge in [-0.15, -0.1) is 0 Å². The predicted molar refractivity (Wildman–Crippen MR) is 357 cm³/mol. The summed E-state index contributed by atoms with van der Waals surface area (Å²) in [6, 6.07) is 3.42. The van der Waals surface area contributed by atoms with Crippen LogP contribution in [0.15, 0.2) is 60.2 Å². The van der Waals surface area contributed by atoms with Crippen molar-refractivity contribution < 1.29 is 95.6 Å². The number of allylic oxidation sites excluding steroid dienone is 2. The van der Waals surface area contributed by atoms with Crippen molar-refractivity contribution in [3.8, 4) is 0 Å². The van der Waals surface area contributed by atoms with Crippen LogP contribution in [-0.4, -0.2) is 224 Å². The number of alkyl carbamates (subject to hydrolysis) is 1. The molecule has 11 atom stereocenters. The third kappa shape index (κ3) is 32.3. The summed E-state index contributed by atoms with van der Waals surface area (Å²) in [5.41, 5.74) is 11.8. The lowest BCUT2D eigenvalue weighted by Crippen LogP contribution is -2.54. The van der Waals surface area contributed by atoms with Crippen molar-refractivity contribution >= 4 is 53.3 Å². The van der Waals surface area contributed by atoms with Crippen molar-refractivity contribution in [1.29, 1.82) is 0 Å². The number of ether oxygens (including phenoxy) is 11. The van der Waals surface area contributed by atoms with E-state index in [1.807, 2.05) is 26.0 Å². The van der Waals surface area contributed by atoms with Crippen molar-refractivity contribution in [1.82, 2.24) is 31.9 Å². The average Bonchev–Trinajstić information content (AvgIpc) is 1.60. The van der Waals surface area contributed by atoms with Crippen LogP contribution in [0, 0.1) is 11.8 Å². The van der Waals surface area contributed by atoms with Gasteiger partial charge in [0.15, 0.2) is 0 Å². The molecule has 5 rings (SSSR count). The molecule has 1 aromatic carbocycles. The molecule has 0 bridgehead atoms. The van der Waals surface area contributed by atoms with Crippen molar-refractivity contribution in [2.24, 2.45) is 23.3 Å². The van der Waals surface area contributed by atoms with E-state index in [-0.39, 0.29) is 99.6 Å². The molecule has 546 valence electrons. The quantitative estimate of drug-likeness (QED) is 0.0147. The summed E-state index contributed by atoms with van der Waals surface area (Å²) in [5, 5.41) is 31.2. The first-order chi connectivity index (χ1) is 46.5. The molecule has 1 spiro atoms. The zero-order valence-corrected chi connectivity index (χ0v) is 57.7. The number of carbonyl (C=O) groups excluding carboxylic acids is 8. The summed E-state index contributed by atoms with van der Waals surface area (Å²) in [5.74, 6) is -2.60. The molecule has 1 aliphatic carbocycles. The first kappa shape index (κ1) is 81.0. The molecule has 4 aliphatic rings. The van der Waals surface area contributed by atoms with Crippen LogP contribution in [0.5, 0.6) is 0 Å². The second kappa shape index (κ2) is 44.4. The second-order valence-electron chi connectivity index (χ2n) is 25.4. The number of hydrogen-bond donors (Lipinski definition) is 10. The fourth-order valence-corrected chi connectivity index (χ4v) is 11.3. The van der Waals surface area contributed by atoms with Gasteiger partial charge in [-0.25, -0.2) is 9.59 Å². The third-order valence-electron chi connectivity index (χ3n) is 16.8. The minimum atomic E-state index is -1.06. The van der Waals surface area contributed by atoms with Gasteiger partial charge in [-0.1, -0.05) is 56.7 Å². The van der Waals surface area contributed by atoms with Crippen LogP contribution >= 0.6 is 0 Å². The lowest BCUT2D eigenvalue weighted by molar-refractivity contribution is -0.146. The number of anilines is 1. The lowest BCUT2D eigenvalue weighted by Gasteiger charge is -2.39. The van der Waals surface area contributed by atoms with Crippen LogP contribution in [0.2, 0.25) is 0 Å². The van der Waals surface area contributed by atoms with E-state index in [0.29, 0.717) is 135 Å². The van der Waals surface area contributed by atoms with E-state index in [4.69, 9.17) is 63.6 Å². The number of rotatable bonds is 44. The Kier molecular flexibility index (Phi) is 37.1. The number of nitrogens with one attached hydrogen (secondary N) is 7. The normalized spacial score (nSPS) is 24.2. The largest absolute Gasteiger partial charge is 0.459 e. The number of aliphatic hydroxyl groups is 1. The Morgan fingerprint density at radius 2 is 1.34 bits per heavy atom. The van der Waals surface area contributed by atoms with Gasteiger partial charge >= 0.3 is 18.1 Å². The van der Waals surface area contributed by atoms with Crippen LogP contribution < -0.4 is 48.7 Å². The van der Waals surface area contributed by atoms with E-state index in [9.17, 15) is 43.5 Å². The van der Waals surface area contributed by atoms with Gasteiger partial charge in [0.05, 0.1) is 117 Å². The Morgan fingerprint density at radius 1 is 0.742 bits per heavy atom. The highest BCUT2D eigenvalue weighted by atomic mass is 16.6. The van der Waals surface area contributed by atoms with E-state index in [2.05, 4.69) is 50.2 Å². The Labute approximate surface area is 570 Å². The number of epoxide rings is 1. The molecule has 12 N–H and O–H groups in total. The standard InChI is InChI=1S/C68H109N9O20/c1-44(2)62(77-60(80)24-27-87-29-31-89-33-35-91-37-38-92-36-34-90-32-30-88-28-25-69)65(84)76-55(9-8-26-71-66(70)85)64(83)73-52-15-13-50(14-16-52)42-93-67(86)74-53-19-17-51(18-20-53)72-61(81)40-54-41-68(43-94-68)63(82)58(97-54)22-11-45(3)10-21-57-46(4)39-56(48(6)96-57)75-59(79)23-12-47(5)95-49(7)78/h10-16,22-23,44,46-48,51,53-58,62-63,82H,8-9,17-21,24-43,69H2,1-7H3,(H,72,81)(H,73,83)(H,74,86)(H,75,79)(H,76,84)(H,77,80)(H3,70,71,85)/b22-11+,23-12-,45-10+/t46-,47-,48+,51?,53?,54+,55-,56+,57-,58+,62-,63+,68+/m0/s1. The predicted octanol–water partition coefficient (Wildman–Crippen LogP) is 3.18. The molecule has 8 amide bonds. The van der Waals surface area contributed by atoms with Crippen molar-refractivity contribution in [3.63, 3.8) is 0 Å². The maximum atomic E-state index is 13.7. The van der Waals surface area contributed by atoms with E-state index < -0.39 is 77.9 Å². The fourth-order valence-electron chi connectivity index (χ4n) is 11.3. The number of amides is 8. The van der Waals surface area contributed by atoms with Gasteiger partial charge < -0.3 is 106 Å². The molecular formula is C68H109N9O20. The van der Waals surface area contributed by atoms with Crippen LogP contribution in [0.25, 0.3) is 0 Å². The number of nitrogens with two attached hydrogens (primary N) is 2. The Balaban J connectivity index is 0.959. The van der Waals surface area contributed by atoms with E-state index in [0.717, 1.165) is 12.0 Å².